The fraction of sp³-hybridized carbons (Fsp3) is 0.300. The summed E-state index contributed by atoms with van der Waals surface area (Å²) in [5.74, 6) is -0.625. The number of rotatable bonds is 2. The van der Waals surface area contributed by atoms with Crippen molar-refractivity contribution in [2.45, 2.75) is 20.0 Å². The zero-order chi connectivity index (χ0) is 14.2. The molecule has 0 aromatic carbocycles. The van der Waals surface area contributed by atoms with E-state index in [2.05, 4.69) is 15.3 Å². The minimum Gasteiger partial charge on any atom is -0.297 e. The van der Waals surface area contributed by atoms with Gasteiger partial charge in [-0.3, -0.25) is 10.1 Å². The second-order valence-electron chi connectivity index (χ2n) is 3.68. The molecule has 2 aromatic rings. The Bertz CT molecular complexity index is 618. The Kier molecular flexibility index (Phi) is 3.59. The number of aromatic nitrogens is 2. The Morgan fingerprint density at radius 1 is 1.32 bits per heavy atom. The van der Waals surface area contributed by atoms with Crippen LogP contribution < -0.4 is 5.32 Å². The number of alkyl halides is 3. The van der Waals surface area contributed by atoms with Crippen LogP contribution in [0.4, 0.5) is 18.3 Å². The van der Waals surface area contributed by atoms with Crippen LogP contribution in [0.1, 0.15) is 26.1 Å². The van der Waals surface area contributed by atoms with Gasteiger partial charge in [0.15, 0.2) is 10.1 Å². The lowest BCUT2D eigenvalue weighted by Crippen LogP contribution is -2.11. The van der Waals surface area contributed by atoms with Crippen LogP contribution in [0.3, 0.4) is 0 Å². The van der Waals surface area contributed by atoms with Gasteiger partial charge in [-0.2, -0.15) is 13.2 Å². The van der Waals surface area contributed by atoms with E-state index in [1.165, 1.54) is 18.3 Å². The predicted molar refractivity (Wildman–Crippen MR) is 66.7 cm³/mol. The molecule has 0 bridgehead atoms. The third kappa shape index (κ3) is 3.10. The van der Waals surface area contributed by atoms with Gasteiger partial charge >= 0.3 is 6.18 Å². The lowest BCUT2D eigenvalue weighted by atomic mass is 10.4. The van der Waals surface area contributed by atoms with E-state index in [0.29, 0.717) is 16.5 Å². The van der Waals surface area contributed by atoms with Crippen LogP contribution in [0.15, 0.2) is 5.38 Å². The summed E-state index contributed by atoms with van der Waals surface area (Å²) >= 11 is 1.54. The third-order valence-corrected chi connectivity index (χ3v) is 4.16. The zero-order valence-electron chi connectivity index (χ0n) is 9.83. The van der Waals surface area contributed by atoms with E-state index in [9.17, 15) is 18.0 Å². The van der Waals surface area contributed by atoms with Crippen LogP contribution in [-0.4, -0.2) is 15.9 Å². The van der Waals surface area contributed by atoms with Crippen molar-refractivity contribution in [2.75, 3.05) is 5.32 Å². The highest BCUT2D eigenvalue weighted by atomic mass is 32.1. The van der Waals surface area contributed by atoms with E-state index in [1.54, 1.807) is 12.3 Å². The molecule has 0 aliphatic carbocycles. The largest absolute Gasteiger partial charge is 0.443 e. The molecule has 2 aromatic heterocycles. The van der Waals surface area contributed by atoms with Crippen LogP contribution in [-0.2, 0) is 6.18 Å². The lowest BCUT2D eigenvalue weighted by Gasteiger charge is -1.99. The van der Waals surface area contributed by atoms with Crippen molar-refractivity contribution in [1.29, 1.82) is 0 Å². The van der Waals surface area contributed by atoms with E-state index >= 15 is 0 Å². The second kappa shape index (κ2) is 4.89. The summed E-state index contributed by atoms with van der Waals surface area (Å²) in [5, 5.41) is 3.52. The number of aryl methyl sites for hydroxylation is 2. The van der Waals surface area contributed by atoms with Crippen LogP contribution in [0.25, 0.3) is 0 Å². The Morgan fingerprint density at radius 2 is 2.00 bits per heavy atom. The zero-order valence-corrected chi connectivity index (χ0v) is 11.5. The van der Waals surface area contributed by atoms with Crippen molar-refractivity contribution >= 4 is 33.7 Å². The van der Waals surface area contributed by atoms with Gasteiger partial charge in [-0.05, 0) is 13.8 Å². The van der Waals surface area contributed by atoms with E-state index < -0.39 is 17.1 Å². The average molecular weight is 307 g/mol. The monoisotopic (exact) mass is 307 g/mol. The van der Waals surface area contributed by atoms with Crippen LogP contribution in [0.5, 0.6) is 0 Å². The number of hydrogen-bond donors (Lipinski definition) is 1. The van der Waals surface area contributed by atoms with Crippen molar-refractivity contribution in [1.82, 2.24) is 9.97 Å². The third-order valence-electron chi connectivity index (χ3n) is 2.08. The van der Waals surface area contributed by atoms with E-state index in [-0.39, 0.29) is 10.6 Å². The smallest absolute Gasteiger partial charge is 0.297 e. The van der Waals surface area contributed by atoms with Gasteiger partial charge in [0.2, 0.25) is 0 Å². The van der Waals surface area contributed by atoms with Gasteiger partial charge in [-0.25, -0.2) is 9.97 Å². The number of amides is 1. The highest BCUT2D eigenvalue weighted by molar-refractivity contribution is 7.15. The Labute approximate surface area is 114 Å². The maximum atomic E-state index is 12.5. The molecule has 1 N–H and O–H groups in total. The first kappa shape index (κ1) is 13.9. The van der Waals surface area contributed by atoms with Gasteiger partial charge in [-0.15, -0.1) is 22.7 Å². The van der Waals surface area contributed by atoms with Crippen LogP contribution in [0, 0.1) is 13.8 Å². The van der Waals surface area contributed by atoms with Gasteiger partial charge in [0.1, 0.15) is 4.88 Å². The van der Waals surface area contributed by atoms with Gasteiger partial charge in [0.05, 0.1) is 11.4 Å². The van der Waals surface area contributed by atoms with Crippen molar-refractivity contribution < 1.29 is 18.0 Å². The maximum Gasteiger partial charge on any atom is 0.443 e. The first-order valence-corrected chi connectivity index (χ1v) is 6.75. The van der Waals surface area contributed by atoms with E-state index in [0.717, 1.165) is 5.69 Å². The first-order valence-electron chi connectivity index (χ1n) is 5.05. The summed E-state index contributed by atoms with van der Waals surface area (Å²) in [6, 6.07) is 0. The first-order chi connectivity index (χ1) is 8.77. The molecule has 0 aliphatic heterocycles. The lowest BCUT2D eigenvalue weighted by molar-refractivity contribution is -0.137. The summed E-state index contributed by atoms with van der Waals surface area (Å²) in [5.41, 5.74) is 0.792. The molecule has 4 nitrogen and oxygen atoms in total. The molecule has 2 rings (SSSR count). The molecule has 0 saturated heterocycles. The fourth-order valence-electron chi connectivity index (χ4n) is 1.29. The number of anilines is 1. The molecule has 0 radical (unpaired) electrons. The van der Waals surface area contributed by atoms with E-state index in [4.69, 9.17) is 0 Å². The number of nitrogens with zero attached hydrogens (tertiary/aromatic N) is 2. The number of thiazole rings is 2. The second-order valence-corrected chi connectivity index (χ2v) is 5.54. The van der Waals surface area contributed by atoms with Crippen LogP contribution >= 0.6 is 22.7 Å². The molecule has 1 amide bonds. The molecule has 0 aliphatic rings. The molecule has 0 fully saturated rings. The molecule has 0 saturated carbocycles. The number of hydrogen-bond acceptors (Lipinski definition) is 5. The molecule has 19 heavy (non-hydrogen) atoms. The molecule has 0 spiro atoms. The van der Waals surface area contributed by atoms with Gasteiger partial charge in [0.25, 0.3) is 5.91 Å². The highest BCUT2D eigenvalue weighted by Gasteiger charge is 2.36. The average Bonchev–Trinajstić information content (AvgIpc) is 2.84. The minimum atomic E-state index is -4.54. The molecule has 102 valence electrons. The van der Waals surface area contributed by atoms with Gasteiger partial charge in [-0.1, -0.05) is 0 Å². The molecular weight excluding hydrogens is 299 g/mol. The van der Waals surface area contributed by atoms with Gasteiger partial charge in [0, 0.05) is 5.38 Å². The Morgan fingerprint density at radius 3 is 2.47 bits per heavy atom. The molecule has 0 atom stereocenters. The molecule has 0 unspecified atom stereocenters. The summed E-state index contributed by atoms with van der Waals surface area (Å²) < 4.78 is 37.4. The molecule has 9 heteroatoms. The number of halogens is 3. The van der Waals surface area contributed by atoms with Crippen molar-refractivity contribution in [2.24, 2.45) is 0 Å². The Hall–Kier alpha value is -1.48. The maximum absolute atomic E-state index is 12.5. The van der Waals surface area contributed by atoms with Crippen molar-refractivity contribution in [3.63, 3.8) is 0 Å². The minimum absolute atomic E-state index is 0.0554. The van der Waals surface area contributed by atoms with E-state index in [1.807, 2.05) is 0 Å². The topological polar surface area (TPSA) is 54.9 Å². The standard InChI is InChI=1S/C10H8F3N3OS2/c1-4-3-18-9(14-4)16-7(17)6-5(2)15-8(19-6)10(11,12)13/h3H,1-2H3,(H,14,16,17). The predicted octanol–water partition coefficient (Wildman–Crippen LogP) is 3.49. The quantitative estimate of drug-likeness (QED) is 0.924. The summed E-state index contributed by atoms with van der Waals surface area (Å²) in [6.07, 6.45) is -4.54. The molecule has 2 heterocycles. The van der Waals surface area contributed by atoms with Crippen LogP contribution in [0.2, 0.25) is 0 Å². The normalized spacial score (nSPS) is 11.6. The number of carbonyl (C=O) groups is 1. The fourth-order valence-corrected chi connectivity index (χ4v) is 2.81. The Balaban J connectivity index is 2.22. The van der Waals surface area contributed by atoms with Gasteiger partial charge < -0.3 is 0 Å². The summed E-state index contributed by atoms with van der Waals surface area (Å²) in [7, 11) is 0. The van der Waals surface area contributed by atoms with Crippen molar-refractivity contribution in [3.8, 4) is 0 Å². The molecular formula is C10H8F3N3OS2. The number of carbonyl (C=O) groups excluding carboxylic acids is 1. The summed E-state index contributed by atoms with van der Waals surface area (Å²) in [4.78, 5) is 19.2. The SMILES string of the molecule is Cc1csc(NC(=O)c2sc(C(F)(F)F)nc2C)n1. The highest BCUT2D eigenvalue weighted by Crippen LogP contribution is 2.34. The summed E-state index contributed by atoms with van der Waals surface area (Å²) in [6.45, 7) is 3.12. The van der Waals surface area contributed by atoms with Crippen molar-refractivity contribution in [3.05, 3.63) is 26.7 Å². The number of nitrogens with one attached hydrogen (secondary N) is 1.